The molecule has 1 aliphatic carbocycles. The summed E-state index contributed by atoms with van der Waals surface area (Å²) < 4.78 is 58.4. The number of halogens is 4. The first kappa shape index (κ1) is 21.7. The van der Waals surface area contributed by atoms with Gasteiger partial charge in [0.25, 0.3) is 0 Å². The molecular weight excluding hydrogens is 380 g/mol. The quantitative estimate of drug-likeness (QED) is 0.188. The van der Waals surface area contributed by atoms with Crippen molar-refractivity contribution in [1.82, 2.24) is 0 Å². The zero-order valence-electron chi connectivity index (χ0n) is 16.8. The third-order valence-electron chi connectivity index (χ3n) is 5.98. The zero-order chi connectivity index (χ0) is 20.8. The molecule has 0 atom stereocenters. The molecule has 1 saturated carbocycles. The van der Waals surface area contributed by atoms with Gasteiger partial charge >= 0.3 is 0 Å². The summed E-state index contributed by atoms with van der Waals surface area (Å²) in [4.78, 5) is 0. The number of unbranched alkanes of at least 4 members (excludes halogenated alkanes) is 2. The first-order valence-corrected chi connectivity index (χ1v) is 10.5. The fraction of sp³-hybridized carbons (Fsp3) is 0.500. The molecule has 0 aromatic heterocycles. The molecule has 0 spiro atoms. The van der Waals surface area contributed by atoms with Crippen LogP contribution in [0, 0.1) is 29.2 Å². The van der Waals surface area contributed by atoms with Gasteiger partial charge in [-0.15, -0.1) is 0 Å². The third kappa shape index (κ3) is 5.52. The van der Waals surface area contributed by atoms with E-state index in [4.69, 9.17) is 4.74 Å². The molecule has 158 valence electrons. The molecule has 1 nitrogen and oxygen atoms in total. The largest absolute Gasteiger partial charge is 0.486 e. The second kappa shape index (κ2) is 10.1. The van der Waals surface area contributed by atoms with Crippen LogP contribution in [0.5, 0.6) is 5.75 Å². The molecule has 0 aliphatic heterocycles. The number of benzene rings is 2. The van der Waals surface area contributed by atoms with Crippen molar-refractivity contribution >= 4 is 0 Å². The van der Waals surface area contributed by atoms with Crippen molar-refractivity contribution in [2.24, 2.45) is 5.92 Å². The van der Waals surface area contributed by atoms with E-state index in [2.05, 4.69) is 6.92 Å². The average molecular weight is 408 g/mol. The SMILES string of the molecule is CCCCCC1CCC(c2ccc(COc3cc(F)c(F)c(F)c3F)cc2)CC1. The standard InChI is InChI=1S/C24H28F4O/c1-2-3-4-5-16-6-10-18(11-7-16)19-12-8-17(9-13-19)15-29-21-14-20(25)22(26)24(28)23(21)27/h8-9,12-14,16,18H,2-7,10-11,15H2,1H3. The van der Waals surface area contributed by atoms with Gasteiger partial charge in [0.1, 0.15) is 6.61 Å². The molecule has 0 heterocycles. The van der Waals surface area contributed by atoms with Gasteiger partial charge in [-0.3, -0.25) is 0 Å². The van der Waals surface area contributed by atoms with Gasteiger partial charge in [0.15, 0.2) is 17.4 Å². The lowest BCUT2D eigenvalue weighted by Gasteiger charge is -2.29. The number of hydrogen-bond acceptors (Lipinski definition) is 1. The third-order valence-corrected chi connectivity index (χ3v) is 5.98. The summed E-state index contributed by atoms with van der Waals surface area (Å²) >= 11 is 0. The minimum atomic E-state index is -1.86. The minimum absolute atomic E-state index is 0.0497. The summed E-state index contributed by atoms with van der Waals surface area (Å²) in [7, 11) is 0. The molecule has 0 amide bonds. The molecule has 2 aromatic carbocycles. The van der Waals surface area contributed by atoms with Crippen LogP contribution in [0.2, 0.25) is 0 Å². The topological polar surface area (TPSA) is 9.23 Å². The monoisotopic (exact) mass is 408 g/mol. The van der Waals surface area contributed by atoms with E-state index in [0.29, 0.717) is 12.0 Å². The Morgan fingerprint density at radius 2 is 1.55 bits per heavy atom. The lowest BCUT2D eigenvalue weighted by molar-refractivity contribution is 0.276. The molecule has 3 rings (SSSR count). The van der Waals surface area contributed by atoms with Gasteiger partial charge in [0.05, 0.1) is 0 Å². The Balaban J connectivity index is 1.52. The van der Waals surface area contributed by atoms with Gasteiger partial charge in [-0.2, -0.15) is 4.39 Å². The van der Waals surface area contributed by atoms with Crippen LogP contribution >= 0.6 is 0 Å². The lowest BCUT2D eigenvalue weighted by atomic mass is 9.77. The van der Waals surface area contributed by atoms with Crippen molar-refractivity contribution in [2.45, 2.75) is 70.8 Å². The molecule has 1 fully saturated rings. The van der Waals surface area contributed by atoms with Crippen LogP contribution in [0.3, 0.4) is 0 Å². The maximum Gasteiger partial charge on any atom is 0.203 e. The molecule has 29 heavy (non-hydrogen) atoms. The van der Waals surface area contributed by atoms with Crippen molar-refractivity contribution in [3.8, 4) is 5.75 Å². The summed E-state index contributed by atoms with van der Waals surface area (Å²) in [5, 5.41) is 0. The smallest absolute Gasteiger partial charge is 0.203 e. The van der Waals surface area contributed by atoms with Crippen molar-refractivity contribution in [2.75, 3.05) is 0 Å². The molecule has 1 aliphatic rings. The average Bonchev–Trinajstić information content (AvgIpc) is 2.75. The lowest BCUT2D eigenvalue weighted by Crippen LogP contribution is -2.13. The fourth-order valence-electron chi connectivity index (χ4n) is 4.17. The van der Waals surface area contributed by atoms with Gasteiger partial charge in [-0.1, -0.05) is 56.9 Å². The summed E-state index contributed by atoms with van der Waals surface area (Å²) in [6, 6.07) is 8.39. The molecular formula is C24H28F4O. The Morgan fingerprint density at radius 3 is 2.21 bits per heavy atom. The molecule has 2 aromatic rings. The van der Waals surface area contributed by atoms with Crippen LogP contribution in [-0.4, -0.2) is 0 Å². The van der Waals surface area contributed by atoms with Crippen molar-refractivity contribution in [3.05, 3.63) is 64.7 Å². The van der Waals surface area contributed by atoms with E-state index in [1.165, 1.54) is 56.9 Å². The predicted molar refractivity (Wildman–Crippen MR) is 106 cm³/mol. The number of hydrogen-bond donors (Lipinski definition) is 0. The van der Waals surface area contributed by atoms with E-state index >= 15 is 0 Å². The Labute approximate surface area is 170 Å². The minimum Gasteiger partial charge on any atom is -0.486 e. The van der Waals surface area contributed by atoms with Crippen LogP contribution in [0.4, 0.5) is 17.6 Å². The van der Waals surface area contributed by atoms with Crippen LogP contribution in [0.25, 0.3) is 0 Å². The Kier molecular flexibility index (Phi) is 7.57. The van der Waals surface area contributed by atoms with Crippen LogP contribution in [0.15, 0.2) is 30.3 Å². The molecule has 0 bridgehead atoms. The van der Waals surface area contributed by atoms with Crippen molar-refractivity contribution in [3.63, 3.8) is 0 Å². The van der Waals surface area contributed by atoms with E-state index in [1.54, 1.807) is 0 Å². The van der Waals surface area contributed by atoms with Crippen molar-refractivity contribution < 1.29 is 22.3 Å². The summed E-state index contributed by atoms with van der Waals surface area (Å²) in [5.74, 6) is -5.90. The highest BCUT2D eigenvalue weighted by Gasteiger charge is 2.22. The van der Waals surface area contributed by atoms with E-state index in [0.717, 1.165) is 11.5 Å². The highest BCUT2D eigenvalue weighted by molar-refractivity contribution is 5.29. The summed E-state index contributed by atoms with van der Waals surface area (Å²) in [5.41, 5.74) is 2.04. The highest BCUT2D eigenvalue weighted by Crippen LogP contribution is 2.37. The molecule has 0 N–H and O–H groups in total. The van der Waals surface area contributed by atoms with Crippen LogP contribution in [-0.2, 0) is 6.61 Å². The number of rotatable bonds is 8. The molecule has 5 heteroatoms. The Bertz CT molecular complexity index is 796. The van der Waals surface area contributed by atoms with Gasteiger partial charge in [0.2, 0.25) is 11.6 Å². The number of ether oxygens (including phenoxy) is 1. The molecule has 0 radical (unpaired) electrons. The normalized spacial score (nSPS) is 19.3. The van der Waals surface area contributed by atoms with Crippen LogP contribution in [0.1, 0.15) is 75.3 Å². The van der Waals surface area contributed by atoms with Gasteiger partial charge in [-0.05, 0) is 48.6 Å². The first-order chi connectivity index (χ1) is 14.0. The van der Waals surface area contributed by atoms with Gasteiger partial charge in [0, 0.05) is 6.07 Å². The predicted octanol–water partition coefficient (Wildman–Crippen LogP) is 7.68. The maximum atomic E-state index is 13.7. The Morgan fingerprint density at radius 1 is 0.862 bits per heavy atom. The summed E-state index contributed by atoms with van der Waals surface area (Å²) in [6.45, 7) is 2.18. The highest BCUT2D eigenvalue weighted by atomic mass is 19.2. The van der Waals surface area contributed by atoms with Crippen LogP contribution < -0.4 is 4.74 Å². The van der Waals surface area contributed by atoms with Crippen molar-refractivity contribution in [1.29, 1.82) is 0 Å². The molecule has 0 saturated heterocycles. The molecule has 0 unspecified atom stereocenters. The van der Waals surface area contributed by atoms with E-state index in [-0.39, 0.29) is 6.61 Å². The summed E-state index contributed by atoms with van der Waals surface area (Å²) in [6.07, 6.45) is 10.2. The Hall–Kier alpha value is -2.04. The maximum absolute atomic E-state index is 13.7. The van der Waals surface area contributed by atoms with Gasteiger partial charge < -0.3 is 4.74 Å². The fourth-order valence-corrected chi connectivity index (χ4v) is 4.17. The zero-order valence-corrected chi connectivity index (χ0v) is 16.8. The second-order valence-corrected chi connectivity index (χ2v) is 8.04. The van der Waals surface area contributed by atoms with Gasteiger partial charge in [-0.25, -0.2) is 13.2 Å². The first-order valence-electron chi connectivity index (χ1n) is 10.5. The van der Waals surface area contributed by atoms with E-state index < -0.39 is 29.0 Å². The van der Waals surface area contributed by atoms with E-state index in [1.807, 2.05) is 24.3 Å². The van der Waals surface area contributed by atoms with E-state index in [9.17, 15) is 17.6 Å². The second-order valence-electron chi connectivity index (χ2n) is 8.04.